The first kappa shape index (κ1) is 53.7. The van der Waals surface area contributed by atoms with Crippen LogP contribution in [0.1, 0.15) is 188 Å². The predicted octanol–water partition coefficient (Wildman–Crippen LogP) is 13.4. The highest BCUT2D eigenvalue weighted by Gasteiger charge is 2.70. The minimum Gasteiger partial charge on any atom is -0.504 e. The summed E-state index contributed by atoms with van der Waals surface area (Å²) >= 11 is 0. The van der Waals surface area contributed by atoms with Crippen LogP contribution in [-0.2, 0) is 24.0 Å². The molecule has 0 saturated heterocycles. The largest absolute Gasteiger partial charge is 0.504 e. The van der Waals surface area contributed by atoms with Gasteiger partial charge in [-0.05, 0) is 196 Å². The molecule has 0 amide bonds. The highest BCUT2D eigenvalue weighted by molar-refractivity contribution is 6.45. The highest BCUT2D eigenvalue weighted by Crippen LogP contribution is 2.77. The number of rotatable bonds is 3. The molecule has 0 aliphatic heterocycles. The number of fused-ring (bicyclic) bond motifs is 14. The van der Waals surface area contributed by atoms with E-state index in [1.54, 1.807) is 19.1 Å². The fourth-order valence-electron chi connectivity index (χ4n) is 17.7. The van der Waals surface area contributed by atoms with Crippen LogP contribution in [0.3, 0.4) is 0 Å². The zero-order valence-electron chi connectivity index (χ0n) is 43.1. The second kappa shape index (κ2) is 16.2. The van der Waals surface area contributed by atoms with Gasteiger partial charge in [-0.3, -0.25) is 24.0 Å². The highest BCUT2D eigenvalue weighted by atomic mass is 16.4. The van der Waals surface area contributed by atoms with Gasteiger partial charge in [0.15, 0.2) is 5.76 Å². The Bertz CT molecular complexity index is 2600. The second-order valence-electron chi connectivity index (χ2n) is 26.7. The van der Waals surface area contributed by atoms with Gasteiger partial charge in [-0.1, -0.05) is 106 Å². The third kappa shape index (κ3) is 6.65. The number of aliphatic carboxylic acids is 2. The van der Waals surface area contributed by atoms with Crippen LogP contribution in [0.15, 0.2) is 81.2 Å². The molecule has 4 N–H and O–H groups in total. The van der Waals surface area contributed by atoms with Crippen molar-refractivity contribution in [1.29, 1.82) is 0 Å². The molecule has 0 aromatic rings. The Morgan fingerprint density at radius 2 is 0.957 bits per heavy atom. The lowest BCUT2D eigenvalue weighted by Gasteiger charge is -2.70. The molecule has 0 bridgehead atoms. The fraction of sp³-hybridized carbons (Fsp3) is 0.689. The Morgan fingerprint density at radius 3 is 1.40 bits per heavy atom. The third-order valence-electron chi connectivity index (χ3n) is 23.4. The standard InChI is InChI=1S/C30H40O5.C29H38O4.2CH4/c1-25-9-10-26(2,24(34)35)16-22(25)30(6)14-12-27(3)19-15-20(32)23(33)28(4,17-31)18(19)7-8-21(27)29(30,5)13-11-25;1-17-18-7-8-21-27(4,19(18)15-20(30)23(17)31)12-14-29(6)22-16-26(3,24(32)33)10-9-25(22,2)11-13-28(21,29)5;;/h7-8,15,22,31H,9-14,16-17H2,1-6H3,(H,34,35);7-8,15,22,31H,9-14,16H2,1-6H3,(H,32,33);2*1H4/t22-,25-,26-,27+,28+,29-,30+;22-,25-,26-,27+,28-,29+;;/m11../s1. The first-order chi connectivity index (χ1) is 31.3. The zero-order valence-corrected chi connectivity index (χ0v) is 43.1. The van der Waals surface area contributed by atoms with Crippen molar-refractivity contribution in [3.8, 4) is 0 Å². The monoisotopic (exact) mass is 963 g/mol. The molecule has 9 nitrogen and oxygen atoms in total. The quantitative estimate of drug-likeness (QED) is 0.201. The first-order valence-electron chi connectivity index (χ1n) is 25.8. The van der Waals surface area contributed by atoms with Crippen molar-refractivity contribution in [3.05, 3.63) is 81.2 Å². The number of aliphatic hydroxyl groups excluding tert-OH is 2. The van der Waals surface area contributed by atoms with Crippen LogP contribution >= 0.6 is 0 Å². The minimum atomic E-state index is -1.20. The van der Waals surface area contributed by atoms with Crippen molar-refractivity contribution in [3.63, 3.8) is 0 Å². The van der Waals surface area contributed by atoms with Crippen LogP contribution in [0.2, 0.25) is 0 Å². The van der Waals surface area contributed by atoms with Crippen molar-refractivity contribution in [2.75, 3.05) is 6.61 Å². The van der Waals surface area contributed by atoms with Crippen LogP contribution in [0.25, 0.3) is 0 Å². The van der Waals surface area contributed by atoms with Crippen LogP contribution < -0.4 is 0 Å². The molecule has 384 valence electrons. The number of carboxylic acid groups (broad SMARTS) is 2. The molecular formula is C61H86O9. The van der Waals surface area contributed by atoms with Gasteiger partial charge >= 0.3 is 11.9 Å². The van der Waals surface area contributed by atoms with Crippen molar-refractivity contribution in [2.45, 2.75) is 188 Å². The summed E-state index contributed by atoms with van der Waals surface area (Å²) in [5.74, 6) is -2.17. The summed E-state index contributed by atoms with van der Waals surface area (Å²) in [5.41, 5.74) is 3.94. The van der Waals surface area contributed by atoms with E-state index in [0.29, 0.717) is 23.8 Å². The Balaban J connectivity index is 0.000000201. The smallest absolute Gasteiger partial charge is 0.309 e. The molecule has 9 heteroatoms. The van der Waals surface area contributed by atoms with Gasteiger partial charge in [-0.25, -0.2) is 0 Å². The number of carbonyl (C=O) groups is 5. The van der Waals surface area contributed by atoms with Crippen molar-refractivity contribution in [2.24, 2.45) is 71.4 Å². The van der Waals surface area contributed by atoms with Gasteiger partial charge in [0.25, 0.3) is 0 Å². The molecule has 0 spiro atoms. The lowest BCUT2D eigenvalue weighted by molar-refractivity contribution is -0.178. The Morgan fingerprint density at radius 1 is 0.543 bits per heavy atom. The third-order valence-corrected chi connectivity index (χ3v) is 23.4. The number of Topliss-reactive ketones (excluding diaryl/α,β-unsaturated/α-hetero) is 1. The Labute approximate surface area is 419 Å². The fourth-order valence-corrected chi connectivity index (χ4v) is 17.7. The molecule has 0 aromatic heterocycles. The van der Waals surface area contributed by atoms with Gasteiger partial charge in [0, 0.05) is 16.4 Å². The normalized spacial score (nSPS) is 46.6. The molecule has 10 aliphatic carbocycles. The van der Waals surface area contributed by atoms with E-state index in [9.17, 15) is 44.4 Å². The number of aliphatic hydroxyl groups is 2. The maximum absolute atomic E-state index is 12.8. The van der Waals surface area contributed by atoms with E-state index in [2.05, 4.69) is 73.6 Å². The van der Waals surface area contributed by atoms with Gasteiger partial charge in [0.2, 0.25) is 17.3 Å². The molecule has 0 heterocycles. The molecule has 0 aromatic carbocycles. The molecule has 0 unspecified atom stereocenters. The second-order valence-corrected chi connectivity index (χ2v) is 26.7. The Kier molecular flexibility index (Phi) is 12.4. The summed E-state index contributed by atoms with van der Waals surface area (Å²) in [5, 5.41) is 40.6. The van der Waals surface area contributed by atoms with Crippen molar-refractivity contribution < 1.29 is 44.4 Å². The zero-order chi connectivity index (χ0) is 50.0. The lowest BCUT2D eigenvalue weighted by atomic mass is 9.34. The SMILES string of the molecule is C.C.CC1=C(O)C(=O)C=C2C1=CC=C1[C@@]2(C)CC[C@@]2(C)[C@@H]3C[C@](C)(C(=O)O)CC[C@]3(C)CC[C@]12C.C[C@@]1(C(=O)O)CC[C@]2(C)CC[C@]3(C)C4=CC=C5C(=CC(=O)C(=O)[C@@]5(C)CO)[C@]4(C)CC[C@@]3(C)[C@@H]2C1. The van der Waals surface area contributed by atoms with E-state index >= 15 is 0 Å². The van der Waals surface area contributed by atoms with Gasteiger partial charge in [0.1, 0.15) is 0 Å². The average Bonchev–Trinajstić information content (AvgIpc) is 3.28. The average molecular weight is 963 g/mol. The molecule has 70 heavy (non-hydrogen) atoms. The van der Waals surface area contributed by atoms with Crippen molar-refractivity contribution >= 4 is 29.3 Å². The van der Waals surface area contributed by atoms with E-state index in [1.165, 1.54) is 11.1 Å². The summed E-state index contributed by atoms with van der Waals surface area (Å²) in [6, 6.07) is 0. The van der Waals surface area contributed by atoms with Crippen LogP contribution in [0.5, 0.6) is 0 Å². The van der Waals surface area contributed by atoms with Gasteiger partial charge < -0.3 is 20.4 Å². The van der Waals surface area contributed by atoms with E-state index in [4.69, 9.17) is 0 Å². The van der Waals surface area contributed by atoms with Gasteiger partial charge in [0.05, 0.1) is 22.9 Å². The maximum atomic E-state index is 12.8. The number of ketones is 3. The number of carboxylic acids is 2. The van der Waals surface area contributed by atoms with Crippen molar-refractivity contribution in [1.82, 2.24) is 0 Å². The predicted molar refractivity (Wildman–Crippen MR) is 275 cm³/mol. The number of hydrogen-bond acceptors (Lipinski definition) is 7. The van der Waals surface area contributed by atoms with E-state index in [-0.39, 0.29) is 76.3 Å². The topological polar surface area (TPSA) is 166 Å². The van der Waals surface area contributed by atoms with Gasteiger partial charge in [-0.2, -0.15) is 0 Å². The van der Waals surface area contributed by atoms with E-state index < -0.39 is 39.8 Å². The van der Waals surface area contributed by atoms with Crippen LogP contribution in [0.4, 0.5) is 0 Å². The molecule has 6 fully saturated rings. The minimum absolute atomic E-state index is 0. The molecule has 0 radical (unpaired) electrons. The summed E-state index contributed by atoms with van der Waals surface area (Å²) in [6.45, 7) is 25.9. The first-order valence-corrected chi connectivity index (χ1v) is 25.8. The summed E-state index contributed by atoms with van der Waals surface area (Å²) in [7, 11) is 0. The summed E-state index contributed by atoms with van der Waals surface area (Å²) in [6.07, 6.45) is 24.7. The van der Waals surface area contributed by atoms with E-state index in [1.807, 2.05) is 26.8 Å². The lowest BCUT2D eigenvalue weighted by Crippen LogP contribution is -2.62. The van der Waals surface area contributed by atoms with E-state index in [0.717, 1.165) is 106 Å². The molecule has 10 rings (SSSR count). The molecular weight excluding hydrogens is 877 g/mol. The van der Waals surface area contributed by atoms with Gasteiger partial charge in [-0.15, -0.1) is 0 Å². The molecule has 6 saturated carbocycles. The maximum Gasteiger partial charge on any atom is 0.309 e. The number of carbonyl (C=O) groups excluding carboxylic acids is 3. The molecule has 10 aliphatic rings. The van der Waals surface area contributed by atoms with Crippen LogP contribution in [-0.4, -0.2) is 56.3 Å². The Hall–Kier alpha value is -4.11. The molecule has 13 atom stereocenters. The van der Waals surface area contributed by atoms with Crippen LogP contribution in [0, 0.1) is 71.4 Å². The number of hydrogen-bond donors (Lipinski definition) is 4. The summed E-state index contributed by atoms with van der Waals surface area (Å²) < 4.78 is 0. The number of allylic oxidation sites excluding steroid dienone is 12. The summed E-state index contributed by atoms with van der Waals surface area (Å²) in [4.78, 5) is 62.7.